The average molecular weight is 529 g/mol. The summed E-state index contributed by atoms with van der Waals surface area (Å²) in [5.41, 5.74) is 8.83. The van der Waals surface area contributed by atoms with E-state index < -0.39 is 0 Å². The number of para-hydroxylation sites is 2. The van der Waals surface area contributed by atoms with Gasteiger partial charge in [0.15, 0.2) is 0 Å². The van der Waals surface area contributed by atoms with Crippen molar-refractivity contribution in [3.63, 3.8) is 0 Å². The van der Waals surface area contributed by atoms with Crippen LogP contribution in [-0.2, 0) is 0 Å². The number of fused-ring (bicyclic) bond motifs is 4. The van der Waals surface area contributed by atoms with Crippen LogP contribution < -0.4 is 4.90 Å². The van der Waals surface area contributed by atoms with Crippen molar-refractivity contribution in [2.24, 2.45) is 0 Å². The predicted molar refractivity (Wildman–Crippen MR) is 172 cm³/mol. The van der Waals surface area contributed by atoms with Crippen molar-refractivity contribution >= 4 is 39.0 Å². The second-order valence-electron chi connectivity index (χ2n) is 10.2. The van der Waals surface area contributed by atoms with Crippen LogP contribution in [0.3, 0.4) is 0 Å². The van der Waals surface area contributed by atoms with Gasteiger partial charge in [-0.25, -0.2) is 0 Å². The molecule has 0 spiro atoms. The Kier molecular flexibility index (Phi) is 6.18. The summed E-state index contributed by atoms with van der Waals surface area (Å²) in [5, 5.41) is 2.41. The number of hydrogen-bond acceptors (Lipinski definition) is 1. The fraction of sp³-hybridized carbons (Fsp3) is 0.0263. The Morgan fingerprint density at radius 2 is 1.29 bits per heavy atom. The molecular formula is C38H28N2O. The molecule has 0 aliphatic carbocycles. The van der Waals surface area contributed by atoms with Gasteiger partial charge in [0.25, 0.3) is 5.91 Å². The number of hydrogen-bond donors (Lipinski definition) is 0. The Balaban J connectivity index is 1.34. The van der Waals surface area contributed by atoms with Gasteiger partial charge in [-0.3, -0.25) is 4.79 Å². The second kappa shape index (κ2) is 10.3. The predicted octanol–water partition coefficient (Wildman–Crippen LogP) is 9.24. The molecule has 7 rings (SSSR count). The van der Waals surface area contributed by atoms with Crippen molar-refractivity contribution in [3.8, 4) is 16.8 Å². The lowest BCUT2D eigenvalue weighted by molar-refractivity contribution is 0.0989. The third-order valence-corrected chi connectivity index (χ3v) is 7.76. The SMILES string of the molecule is C=C1/C=C\C=C/CN(c2cccc(-c3ccc4c(c3)c3ccccc3n4-c3ccccc3)c2)C(=O)c2ccccc21. The molecule has 196 valence electrons. The molecule has 1 aliphatic rings. The Bertz CT molecular complexity index is 2010. The van der Waals surface area contributed by atoms with Gasteiger partial charge in [0.1, 0.15) is 0 Å². The van der Waals surface area contributed by atoms with Crippen LogP contribution in [0.15, 0.2) is 152 Å². The summed E-state index contributed by atoms with van der Waals surface area (Å²) in [5.74, 6) is -0.0415. The largest absolute Gasteiger partial charge is 0.309 e. The van der Waals surface area contributed by atoms with Gasteiger partial charge in [-0.2, -0.15) is 0 Å². The molecule has 1 aliphatic heterocycles. The number of benzene rings is 5. The zero-order valence-corrected chi connectivity index (χ0v) is 22.6. The zero-order valence-electron chi connectivity index (χ0n) is 22.6. The van der Waals surface area contributed by atoms with Crippen LogP contribution in [0.5, 0.6) is 0 Å². The van der Waals surface area contributed by atoms with Gasteiger partial charge in [-0.1, -0.05) is 104 Å². The first-order valence-electron chi connectivity index (χ1n) is 13.8. The highest BCUT2D eigenvalue weighted by molar-refractivity contribution is 6.11. The number of carbonyl (C=O) groups excluding carboxylic acids is 1. The van der Waals surface area contributed by atoms with Gasteiger partial charge in [0, 0.05) is 34.3 Å². The summed E-state index contributed by atoms with van der Waals surface area (Å²) in [6.45, 7) is 4.66. The van der Waals surface area contributed by atoms with Crippen molar-refractivity contribution in [2.45, 2.75) is 0 Å². The Hall–Kier alpha value is -5.41. The van der Waals surface area contributed by atoms with Crippen LogP contribution in [0.25, 0.3) is 44.2 Å². The molecule has 0 fully saturated rings. The smallest absolute Gasteiger partial charge is 0.259 e. The van der Waals surface area contributed by atoms with E-state index in [0.29, 0.717) is 12.1 Å². The summed E-state index contributed by atoms with van der Waals surface area (Å²) >= 11 is 0. The number of nitrogens with zero attached hydrogens (tertiary/aromatic N) is 2. The third-order valence-electron chi connectivity index (χ3n) is 7.76. The molecule has 0 unspecified atom stereocenters. The number of anilines is 1. The fourth-order valence-electron chi connectivity index (χ4n) is 5.77. The van der Waals surface area contributed by atoms with Crippen LogP contribution in [0.4, 0.5) is 5.69 Å². The third kappa shape index (κ3) is 4.38. The van der Waals surface area contributed by atoms with Crippen molar-refractivity contribution in [1.29, 1.82) is 0 Å². The number of aromatic nitrogens is 1. The molecular weight excluding hydrogens is 500 g/mol. The maximum atomic E-state index is 13.9. The molecule has 41 heavy (non-hydrogen) atoms. The minimum absolute atomic E-state index is 0.0415. The highest BCUT2D eigenvalue weighted by atomic mass is 16.2. The lowest BCUT2D eigenvalue weighted by Gasteiger charge is -2.24. The summed E-state index contributed by atoms with van der Waals surface area (Å²) in [6, 6.07) is 41.6. The molecule has 3 nitrogen and oxygen atoms in total. The first-order valence-corrected chi connectivity index (χ1v) is 13.8. The van der Waals surface area contributed by atoms with Crippen LogP contribution in [0.1, 0.15) is 15.9 Å². The van der Waals surface area contributed by atoms with E-state index in [1.165, 1.54) is 21.8 Å². The first-order chi connectivity index (χ1) is 20.2. The number of rotatable bonds is 3. The van der Waals surface area contributed by atoms with Gasteiger partial charge in [0.2, 0.25) is 0 Å². The van der Waals surface area contributed by atoms with E-state index >= 15 is 0 Å². The lowest BCUT2D eigenvalue weighted by Crippen LogP contribution is -2.32. The van der Waals surface area contributed by atoms with Crippen molar-refractivity contribution in [1.82, 2.24) is 4.57 Å². The molecule has 0 atom stereocenters. The zero-order chi connectivity index (χ0) is 27.8. The van der Waals surface area contributed by atoms with Crippen molar-refractivity contribution < 1.29 is 4.79 Å². The molecule has 5 aromatic carbocycles. The van der Waals surface area contributed by atoms with E-state index in [1.807, 2.05) is 71.7 Å². The van der Waals surface area contributed by atoms with Gasteiger partial charge in [0.05, 0.1) is 11.0 Å². The quantitative estimate of drug-likeness (QED) is 0.225. The van der Waals surface area contributed by atoms with Crippen molar-refractivity contribution in [2.75, 3.05) is 11.4 Å². The topological polar surface area (TPSA) is 25.2 Å². The summed E-state index contributed by atoms with van der Waals surface area (Å²) in [6.07, 6.45) is 7.90. The van der Waals surface area contributed by atoms with E-state index in [-0.39, 0.29) is 5.91 Å². The second-order valence-corrected chi connectivity index (χ2v) is 10.2. The van der Waals surface area contributed by atoms with E-state index in [1.54, 1.807) is 0 Å². The Morgan fingerprint density at radius 3 is 2.17 bits per heavy atom. The highest BCUT2D eigenvalue weighted by Gasteiger charge is 2.21. The highest BCUT2D eigenvalue weighted by Crippen LogP contribution is 2.36. The molecule has 0 bridgehead atoms. The maximum Gasteiger partial charge on any atom is 0.259 e. The van der Waals surface area contributed by atoms with Crippen LogP contribution >= 0.6 is 0 Å². The first kappa shape index (κ1) is 24.6. The number of amides is 1. The van der Waals surface area contributed by atoms with E-state index in [0.717, 1.165) is 33.6 Å². The van der Waals surface area contributed by atoms with Crippen LogP contribution in [0, 0.1) is 0 Å². The normalized spacial score (nSPS) is 15.2. The van der Waals surface area contributed by atoms with Gasteiger partial charge in [-0.05, 0) is 70.8 Å². The summed E-state index contributed by atoms with van der Waals surface area (Å²) in [7, 11) is 0. The molecule has 2 heterocycles. The van der Waals surface area contributed by atoms with E-state index in [2.05, 4.69) is 90.0 Å². The van der Waals surface area contributed by atoms with Crippen LogP contribution in [-0.4, -0.2) is 17.0 Å². The summed E-state index contributed by atoms with van der Waals surface area (Å²) in [4.78, 5) is 15.8. The molecule has 6 aromatic rings. The minimum Gasteiger partial charge on any atom is -0.309 e. The van der Waals surface area contributed by atoms with Crippen LogP contribution in [0.2, 0.25) is 0 Å². The standard InChI is InChI=1S/C38H28N2O/c1-27-13-4-3-11-24-39(38(41)34-20-8-7-18-32(27)34)31-17-12-14-28(25-31)29-22-23-37-35(26-29)33-19-9-10-21-36(33)40(37)30-15-5-2-6-16-30/h2-23,25-26H,1,24H2/b11-3-,13-4-. The van der Waals surface area contributed by atoms with Gasteiger partial charge in [-0.15, -0.1) is 0 Å². The molecule has 0 saturated carbocycles. The van der Waals surface area contributed by atoms with Gasteiger partial charge < -0.3 is 9.47 Å². The Morgan fingerprint density at radius 1 is 0.585 bits per heavy atom. The monoisotopic (exact) mass is 528 g/mol. The minimum atomic E-state index is -0.0415. The molecule has 0 radical (unpaired) electrons. The Labute approximate surface area is 239 Å². The molecule has 0 N–H and O–H groups in total. The molecule has 1 amide bonds. The lowest BCUT2D eigenvalue weighted by atomic mass is 9.98. The fourth-order valence-corrected chi connectivity index (χ4v) is 5.77. The molecule has 1 aromatic heterocycles. The van der Waals surface area contributed by atoms with E-state index in [4.69, 9.17) is 0 Å². The van der Waals surface area contributed by atoms with E-state index in [9.17, 15) is 4.79 Å². The number of carbonyl (C=O) groups is 1. The van der Waals surface area contributed by atoms with Gasteiger partial charge >= 0.3 is 0 Å². The number of allylic oxidation sites excluding steroid dienone is 4. The molecule has 3 heteroatoms. The van der Waals surface area contributed by atoms with Crippen molar-refractivity contribution in [3.05, 3.63) is 163 Å². The molecule has 0 saturated heterocycles. The maximum absolute atomic E-state index is 13.9. The summed E-state index contributed by atoms with van der Waals surface area (Å²) < 4.78 is 2.32. The average Bonchev–Trinajstić information content (AvgIpc) is 3.36.